The Labute approximate surface area is 103 Å². The van der Waals surface area contributed by atoms with Crippen LogP contribution >= 0.6 is 0 Å². The molecule has 2 aliphatic rings. The van der Waals surface area contributed by atoms with Gasteiger partial charge in [0.05, 0.1) is 6.61 Å². The van der Waals surface area contributed by atoms with Crippen LogP contribution in [0.15, 0.2) is 23.3 Å². The van der Waals surface area contributed by atoms with Crippen molar-refractivity contribution in [1.29, 1.82) is 0 Å². The van der Waals surface area contributed by atoms with Crippen molar-refractivity contribution in [2.45, 2.75) is 45.4 Å². The number of aliphatic hydroxyl groups excluding tert-OH is 1. The minimum absolute atomic E-state index is 0.0745. The monoisotopic (exact) mass is 234 g/mol. The molecule has 0 unspecified atom stereocenters. The van der Waals surface area contributed by atoms with Crippen LogP contribution in [-0.2, 0) is 4.79 Å². The van der Waals surface area contributed by atoms with E-state index in [2.05, 4.69) is 13.5 Å². The van der Waals surface area contributed by atoms with E-state index in [0.29, 0.717) is 5.92 Å². The molecule has 94 valence electrons. The number of allylic oxidation sites excluding steroid dienone is 2. The molecule has 0 radical (unpaired) electrons. The summed E-state index contributed by atoms with van der Waals surface area (Å²) in [6.45, 7) is 6.32. The van der Waals surface area contributed by atoms with Gasteiger partial charge in [0.25, 0.3) is 0 Å². The molecule has 1 saturated carbocycles. The van der Waals surface area contributed by atoms with Crippen molar-refractivity contribution < 1.29 is 9.90 Å². The average Bonchev–Trinajstić information content (AvgIpc) is 2.35. The Hall–Kier alpha value is -0.890. The molecule has 1 fully saturated rings. The standard InChI is InChI=1S/C15H22O2/c1-11(9-16)12-5-7-15(2)6-3-4-13(10-17)14(15)8-12/h10,12,16H,1,3-9H2,2H3/t12-,15-/m1/s1. The molecule has 0 aromatic heterocycles. The number of aliphatic hydroxyl groups is 1. The maximum absolute atomic E-state index is 11.2. The van der Waals surface area contributed by atoms with Gasteiger partial charge in [-0.05, 0) is 61.0 Å². The van der Waals surface area contributed by atoms with E-state index in [1.165, 1.54) is 12.0 Å². The fraction of sp³-hybridized carbons (Fsp3) is 0.667. The number of fused-ring (bicyclic) bond motifs is 1. The van der Waals surface area contributed by atoms with E-state index in [0.717, 1.165) is 49.5 Å². The maximum Gasteiger partial charge on any atom is 0.145 e. The van der Waals surface area contributed by atoms with Gasteiger partial charge in [-0.3, -0.25) is 4.79 Å². The number of aldehydes is 1. The van der Waals surface area contributed by atoms with Crippen LogP contribution in [0.25, 0.3) is 0 Å². The van der Waals surface area contributed by atoms with Gasteiger partial charge in [-0.1, -0.05) is 19.1 Å². The van der Waals surface area contributed by atoms with Crippen LogP contribution in [0, 0.1) is 11.3 Å². The molecule has 2 rings (SSSR count). The number of carbonyl (C=O) groups is 1. The molecular weight excluding hydrogens is 212 g/mol. The molecule has 2 aliphatic carbocycles. The lowest BCUT2D eigenvalue weighted by atomic mass is 9.61. The molecule has 0 aromatic rings. The van der Waals surface area contributed by atoms with Crippen LogP contribution in [0.3, 0.4) is 0 Å². The summed E-state index contributed by atoms with van der Waals surface area (Å²) in [6.07, 6.45) is 7.50. The highest BCUT2D eigenvalue weighted by molar-refractivity contribution is 5.75. The summed E-state index contributed by atoms with van der Waals surface area (Å²) in [5.41, 5.74) is 3.54. The van der Waals surface area contributed by atoms with E-state index in [1.54, 1.807) is 0 Å². The van der Waals surface area contributed by atoms with Crippen LogP contribution < -0.4 is 0 Å². The molecule has 17 heavy (non-hydrogen) atoms. The number of hydrogen-bond donors (Lipinski definition) is 1. The van der Waals surface area contributed by atoms with Gasteiger partial charge in [0.2, 0.25) is 0 Å². The van der Waals surface area contributed by atoms with Gasteiger partial charge in [-0.15, -0.1) is 0 Å². The Morgan fingerprint density at radius 2 is 2.35 bits per heavy atom. The van der Waals surface area contributed by atoms with Gasteiger partial charge < -0.3 is 5.11 Å². The first-order chi connectivity index (χ1) is 8.10. The van der Waals surface area contributed by atoms with Crippen molar-refractivity contribution in [2.24, 2.45) is 11.3 Å². The Kier molecular flexibility index (Phi) is 3.53. The average molecular weight is 234 g/mol. The zero-order valence-electron chi connectivity index (χ0n) is 10.7. The van der Waals surface area contributed by atoms with Crippen molar-refractivity contribution in [3.8, 4) is 0 Å². The largest absolute Gasteiger partial charge is 0.392 e. The third-order valence-corrected chi connectivity index (χ3v) is 4.71. The first-order valence-electron chi connectivity index (χ1n) is 6.57. The number of hydrogen-bond acceptors (Lipinski definition) is 2. The van der Waals surface area contributed by atoms with Crippen LogP contribution in [0.4, 0.5) is 0 Å². The summed E-state index contributed by atoms with van der Waals surface area (Å²) >= 11 is 0. The van der Waals surface area contributed by atoms with Gasteiger partial charge in [0, 0.05) is 0 Å². The second-order valence-electron chi connectivity index (χ2n) is 5.79. The summed E-state index contributed by atoms with van der Waals surface area (Å²) in [5.74, 6) is 0.371. The van der Waals surface area contributed by atoms with Crippen LogP contribution in [0.2, 0.25) is 0 Å². The van der Waals surface area contributed by atoms with E-state index >= 15 is 0 Å². The first-order valence-corrected chi connectivity index (χ1v) is 6.57. The van der Waals surface area contributed by atoms with Gasteiger partial charge in [-0.2, -0.15) is 0 Å². The molecule has 0 amide bonds. The molecule has 2 heteroatoms. The molecule has 0 spiro atoms. The van der Waals surface area contributed by atoms with Gasteiger partial charge in [0.15, 0.2) is 0 Å². The second-order valence-corrected chi connectivity index (χ2v) is 5.79. The molecule has 0 saturated heterocycles. The van der Waals surface area contributed by atoms with Gasteiger partial charge in [0.1, 0.15) is 6.29 Å². The van der Waals surface area contributed by atoms with Crippen LogP contribution in [0.1, 0.15) is 45.4 Å². The van der Waals surface area contributed by atoms with Crippen molar-refractivity contribution in [3.05, 3.63) is 23.3 Å². The van der Waals surface area contributed by atoms with Crippen LogP contribution in [-0.4, -0.2) is 18.0 Å². The topological polar surface area (TPSA) is 37.3 Å². The van der Waals surface area contributed by atoms with E-state index < -0.39 is 0 Å². The Bertz CT molecular complexity index is 367. The molecular formula is C15H22O2. The zero-order chi connectivity index (χ0) is 12.5. The Morgan fingerprint density at radius 3 is 3.00 bits per heavy atom. The minimum atomic E-state index is 0.0745. The van der Waals surface area contributed by atoms with Crippen molar-refractivity contribution in [1.82, 2.24) is 0 Å². The lowest BCUT2D eigenvalue weighted by molar-refractivity contribution is -0.105. The molecule has 0 aromatic carbocycles. The zero-order valence-corrected chi connectivity index (χ0v) is 10.7. The molecule has 0 bridgehead atoms. The first kappa shape index (κ1) is 12.6. The highest BCUT2D eigenvalue weighted by Crippen LogP contribution is 2.51. The Morgan fingerprint density at radius 1 is 1.59 bits per heavy atom. The minimum Gasteiger partial charge on any atom is -0.392 e. The highest BCUT2D eigenvalue weighted by Gasteiger charge is 2.39. The van der Waals surface area contributed by atoms with E-state index in [-0.39, 0.29) is 12.0 Å². The molecule has 0 heterocycles. The smallest absolute Gasteiger partial charge is 0.145 e. The molecule has 2 atom stereocenters. The summed E-state index contributed by atoms with van der Waals surface area (Å²) in [4.78, 5) is 11.2. The van der Waals surface area contributed by atoms with E-state index in [9.17, 15) is 9.90 Å². The van der Waals surface area contributed by atoms with Crippen LogP contribution in [0.5, 0.6) is 0 Å². The fourth-order valence-electron chi connectivity index (χ4n) is 3.46. The number of carbonyl (C=O) groups excluding carboxylic acids is 1. The summed E-state index contributed by atoms with van der Waals surface area (Å²) in [5, 5.41) is 9.19. The lowest BCUT2D eigenvalue weighted by Crippen LogP contribution is -2.32. The fourth-order valence-corrected chi connectivity index (χ4v) is 3.46. The normalized spacial score (nSPS) is 33.2. The van der Waals surface area contributed by atoms with Gasteiger partial charge >= 0.3 is 0 Å². The summed E-state index contributed by atoms with van der Waals surface area (Å²) < 4.78 is 0. The summed E-state index contributed by atoms with van der Waals surface area (Å²) in [7, 11) is 0. The number of rotatable bonds is 3. The molecule has 1 N–H and O–H groups in total. The quantitative estimate of drug-likeness (QED) is 0.602. The lowest BCUT2D eigenvalue weighted by Gasteiger charge is -2.44. The maximum atomic E-state index is 11.2. The third kappa shape index (κ3) is 2.23. The van der Waals surface area contributed by atoms with E-state index in [1.807, 2.05) is 0 Å². The summed E-state index contributed by atoms with van der Waals surface area (Å²) in [6, 6.07) is 0. The van der Waals surface area contributed by atoms with Crippen molar-refractivity contribution in [3.63, 3.8) is 0 Å². The predicted octanol–water partition coefficient (Wildman–Crippen LogP) is 3.02. The molecule has 0 aliphatic heterocycles. The highest BCUT2D eigenvalue weighted by atomic mass is 16.3. The predicted molar refractivity (Wildman–Crippen MR) is 68.6 cm³/mol. The Balaban J connectivity index is 2.27. The third-order valence-electron chi connectivity index (χ3n) is 4.71. The second kappa shape index (κ2) is 4.77. The molecule has 2 nitrogen and oxygen atoms in total. The SMILES string of the molecule is C=C(CO)[C@@H]1CC[C@@]2(C)CCCC(C=O)=C2C1. The van der Waals surface area contributed by atoms with Gasteiger partial charge in [-0.25, -0.2) is 0 Å². The van der Waals surface area contributed by atoms with Crippen molar-refractivity contribution >= 4 is 6.29 Å². The van der Waals surface area contributed by atoms with E-state index in [4.69, 9.17) is 0 Å². The van der Waals surface area contributed by atoms with Crippen molar-refractivity contribution in [2.75, 3.05) is 6.61 Å².